The molecule has 0 spiro atoms. The summed E-state index contributed by atoms with van der Waals surface area (Å²) in [5.41, 5.74) is 9.61. The summed E-state index contributed by atoms with van der Waals surface area (Å²) < 4.78 is 1.00. The van der Waals surface area contributed by atoms with Gasteiger partial charge in [0.05, 0.1) is 20.7 Å². The van der Waals surface area contributed by atoms with E-state index in [0.717, 1.165) is 11.3 Å². The van der Waals surface area contributed by atoms with Crippen LogP contribution < -0.4 is 11.2 Å². The average Bonchev–Trinajstić information content (AvgIpc) is 2.79. The zero-order chi connectivity index (χ0) is 17.1. The SMILES string of the molecule is Cc1c(C(=O)N/N=C/c2cc(Br)c(O)c(Br)c2)sc(N)c1C#N. The third-order valence-electron chi connectivity index (χ3n) is 2.91. The van der Waals surface area contributed by atoms with Gasteiger partial charge in [-0.2, -0.15) is 10.4 Å². The number of carbonyl (C=O) groups excluding carboxylic acids is 1. The molecule has 0 aliphatic carbocycles. The van der Waals surface area contributed by atoms with Gasteiger partial charge in [0, 0.05) is 0 Å². The lowest BCUT2D eigenvalue weighted by molar-refractivity contribution is 0.0958. The van der Waals surface area contributed by atoms with Crippen molar-refractivity contribution in [2.75, 3.05) is 5.73 Å². The predicted molar refractivity (Wildman–Crippen MR) is 96.8 cm³/mol. The first-order chi connectivity index (χ1) is 10.8. The lowest BCUT2D eigenvalue weighted by Crippen LogP contribution is -2.17. The molecule has 0 bridgehead atoms. The Morgan fingerprint density at radius 1 is 1.48 bits per heavy atom. The molecule has 2 aromatic rings. The van der Waals surface area contributed by atoms with Crippen LogP contribution in [0.25, 0.3) is 0 Å². The number of thiophene rings is 1. The maximum Gasteiger partial charge on any atom is 0.281 e. The lowest BCUT2D eigenvalue weighted by Gasteiger charge is -2.02. The van der Waals surface area contributed by atoms with Crippen LogP contribution in [-0.4, -0.2) is 17.2 Å². The van der Waals surface area contributed by atoms with Gasteiger partial charge in [-0.05, 0) is 62.0 Å². The minimum atomic E-state index is -0.436. The van der Waals surface area contributed by atoms with Crippen LogP contribution >= 0.6 is 43.2 Å². The molecule has 1 aromatic carbocycles. The van der Waals surface area contributed by atoms with Crippen LogP contribution in [0.4, 0.5) is 5.00 Å². The Labute approximate surface area is 152 Å². The molecule has 0 saturated carbocycles. The Hall–Kier alpha value is -1.89. The van der Waals surface area contributed by atoms with Crippen molar-refractivity contribution in [3.63, 3.8) is 0 Å². The van der Waals surface area contributed by atoms with E-state index in [0.29, 0.717) is 35.5 Å². The predicted octanol–water partition coefficient (Wildman–Crippen LogP) is 3.50. The number of phenols is 1. The molecular weight excluding hydrogens is 448 g/mol. The van der Waals surface area contributed by atoms with Crippen molar-refractivity contribution in [1.82, 2.24) is 5.43 Å². The van der Waals surface area contributed by atoms with Crippen LogP contribution in [0.3, 0.4) is 0 Å². The second-order valence-electron chi connectivity index (χ2n) is 4.44. The summed E-state index contributed by atoms with van der Waals surface area (Å²) in [6.45, 7) is 1.66. The lowest BCUT2D eigenvalue weighted by atomic mass is 10.2. The molecule has 0 fully saturated rings. The van der Waals surface area contributed by atoms with Crippen molar-refractivity contribution in [3.05, 3.63) is 42.6 Å². The van der Waals surface area contributed by atoms with Crippen molar-refractivity contribution >= 4 is 60.3 Å². The molecule has 1 heterocycles. The highest BCUT2D eigenvalue weighted by molar-refractivity contribution is 9.11. The molecule has 0 unspecified atom stereocenters. The summed E-state index contributed by atoms with van der Waals surface area (Å²) in [7, 11) is 0. The van der Waals surface area contributed by atoms with Gasteiger partial charge in [-0.1, -0.05) is 0 Å². The number of benzene rings is 1. The number of nitrogens with two attached hydrogens (primary N) is 1. The summed E-state index contributed by atoms with van der Waals surface area (Å²) in [5, 5.41) is 22.8. The third-order valence-corrected chi connectivity index (χ3v) is 5.24. The molecule has 6 nitrogen and oxygen atoms in total. The van der Waals surface area contributed by atoms with Crippen molar-refractivity contribution in [2.45, 2.75) is 6.92 Å². The van der Waals surface area contributed by atoms with Gasteiger partial charge < -0.3 is 10.8 Å². The average molecular weight is 458 g/mol. The van der Waals surface area contributed by atoms with E-state index in [1.165, 1.54) is 6.21 Å². The van der Waals surface area contributed by atoms with E-state index in [-0.39, 0.29) is 5.75 Å². The number of nitrogen functional groups attached to an aromatic ring is 1. The van der Waals surface area contributed by atoms with Crippen molar-refractivity contribution < 1.29 is 9.90 Å². The first kappa shape index (κ1) is 17.5. The first-order valence-corrected chi connectivity index (χ1v) is 8.55. The van der Waals surface area contributed by atoms with Gasteiger partial charge in [0.2, 0.25) is 0 Å². The maximum atomic E-state index is 12.1. The number of halogens is 2. The van der Waals surface area contributed by atoms with E-state index in [1.54, 1.807) is 19.1 Å². The fraction of sp³-hybridized carbons (Fsp3) is 0.0714. The third kappa shape index (κ3) is 3.72. The van der Waals surface area contributed by atoms with E-state index in [1.807, 2.05) is 6.07 Å². The summed E-state index contributed by atoms with van der Waals surface area (Å²) >= 11 is 7.47. The molecule has 0 saturated heterocycles. The standard InChI is InChI=1S/C14H10Br2N4O2S/c1-6-8(4-17)13(18)23-12(6)14(22)20-19-5-7-2-9(15)11(21)10(16)3-7/h2-3,5,21H,18H2,1H3,(H,20,22)/b19-5+. The molecule has 0 radical (unpaired) electrons. The largest absolute Gasteiger partial charge is 0.506 e. The van der Waals surface area contributed by atoms with Crippen LogP contribution in [0.2, 0.25) is 0 Å². The highest BCUT2D eigenvalue weighted by Crippen LogP contribution is 2.33. The molecule has 1 aromatic heterocycles. The Bertz CT molecular complexity index is 832. The number of anilines is 1. The van der Waals surface area contributed by atoms with Crippen molar-refractivity contribution in [3.8, 4) is 11.8 Å². The first-order valence-electron chi connectivity index (χ1n) is 6.15. The number of nitriles is 1. The van der Waals surface area contributed by atoms with Crippen LogP contribution in [0, 0.1) is 18.3 Å². The molecule has 23 heavy (non-hydrogen) atoms. The molecule has 1 amide bonds. The Balaban J connectivity index is 2.15. The molecule has 9 heteroatoms. The number of hydrogen-bond acceptors (Lipinski definition) is 6. The summed E-state index contributed by atoms with van der Waals surface area (Å²) in [4.78, 5) is 12.4. The van der Waals surface area contributed by atoms with Gasteiger partial charge in [-0.25, -0.2) is 5.43 Å². The maximum absolute atomic E-state index is 12.1. The van der Waals surface area contributed by atoms with Gasteiger partial charge in [0.25, 0.3) is 5.91 Å². The molecule has 118 valence electrons. The topological polar surface area (TPSA) is 112 Å². The second kappa shape index (κ2) is 7.12. The minimum Gasteiger partial charge on any atom is -0.506 e. The monoisotopic (exact) mass is 456 g/mol. The van der Waals surface area contributed by atoms with Gasteiger partial charge in [-0.15, -0.1) is 11.3 Å². The summed E-state index contributed by atoms with van der Waals surface area (Å²) in [6.07, 6.45) is 1.43. The molecular formula is C14H10Br2N4O2S. The molecule has 0 aliphatic rings. The normalized spacial score (nSPS) is 10.7. The van der Waals surface area contributed by atoms with E-state index < -0.39 is 5.91 Å². The van der Waals surface area contributed by atoms with E-state index in [4.69, 9.17) is 11.0 Å². The summed E-state index contributed by atoms with van der Waals surface area (Å²) in [6, 6.07) is 5.27. The zero-order valence-electron chi connectivity index (χ0n) is 11.7. The molecule has 0 aliphatic heterocycles. The van der Waals surface area contributed by atoms with Gasteiger partial charge in [0.1, 0.15) is 21.7 Å². The highest BCUT2D eigenvalue weighted by atomic mass is 79.9. The number of rotatable bonds is 3. The second-order valence-corrected chi connectivity index (χ2v) is 7.20. The summed E-state index contributed by atoms with van der Waals surface area (Å²) in [5.74, 6) is -0.353. The van der Waals surface area contributed by atoms with Gasteiger partial charge in [-0.3, -0.25) is 4.79 Å². The van der Waals surface area contributed by atoms with Gasteiger partial charge in [0.15, 0.2) is 0 Å². The fourth-order valence-electron chi connectivity index (χ4n) is 1.77. The van der Waals surface area contributed by atoms with Crippen LogP contribution in [0.15, 0.2) is 26.2 Å². The number of hydrogen-bond donors (Lipinski definition) is 3. The highest BCUT2D eigenvalue weighted by Gasteiger charge is 2.18. The quantitative estimate of drug-likeness (QED) is 0.483. The molecule has 4 N–H and O–H groups in total. The van der Waals surface area contributed by atoms with Crippen molar-refractivity contribution in [1.29, 1.82) is 5.26 Å². The Kier molecular flexibility index (Phi) is 5.41. The number of nitrogens with one attached hydrogen (secondary N) is 1. The number of carbonyl (C=O) groups is 1. The molecule has 2 rings (SSSR count). The smallest absolute Gasteiger partial charge is 0.281 e. The van der Waals surface area contributed by atoms with Crippen LogP contribution in [0.5, 0.6) is 5.75 Å². The zero-order valence-corrected chi connectivity index (χ0v) is 15.7. The van der Waals surface area contributed by atoms with Crippen LogP contribution in [-0.2, 0) is 0 Å². The number of aromatic hydroxyl groups is 1. The fourth-order valence-corrected chi connectivity index (χ4v) is 3.90. The minimum absolute atomic E-state index is 0.0832. The number of phenolic OH excluding ortho intramolecular Hbond substituents is 1. The number of hydrazone groups is 1. The number of amides is 1. The van der Waals surface area contributed by atoms with E-state index >= 15 is 0 Å². The Morgan fingerprint density at radius 3 is 2.61 bits per heavy atom. The van der Waals surface area contributed by atoms with Crippen LogP contribution in [0.1, 0.15) is 26.4 Å². The van der Waals surface area contributed by atoms with E-state index in [2.05, 4.69) is 42.4 Å². The van der Waals surface area contributed by atoms with Gasteiger partial charge >= 0.3 is 0 Å². The van der Waals surface area contributed by atoms with E-state index in [9.17, 15) is 9.90 Å². The van der Waals surface area contributed by atoms with Crippen molar-refractivity contribution in [2.24, 2.45) is 5.10 Å². The Morgan fingerprint density at radius 2 is 2.09 bits per heavy atom. The molecule has 0 atom stereocenters. The number of nitrogens with zero attached hydrogens (tertiary/aromatic N) is 2.